The first kappa shape index (κ1) is 19.9. The highest BCUT2D eigenvalue weighted by Crippen LogP contribution is 2.44. The molecule has 170 valence electrons. The maximum atomic E-state index is 14.7. The minimum absolute atomic E-state index is 0.0610. The van der Waals surface area contributed by atoms with E-state index in [2.05, 4.69) is 9.71 Å². The lowest BCUT2D eigenvalue weighted by atomic mass is 9.79. The minimum atomic E-state index is -3.46. The smallest absolute Gasteiger partial charge is 0.208 e. The Morgan fingerprint density at radius 1 is 1.31 bits per heavy atom. The van der Waals surface area contributed by atoms with Gasteiger partial charge in [0, 0.05) is 17.2 Å². The lowest BCUT2D eigenvalue weighted by Crippen LogP contribution is -2.35. The monoisotopic (exact) mass is 462 g/mol. The summed E-state index contributed by atoms with van der Waals surface area (Å²) >= 11 is 0. The lowest BCUT2D eigenvalue weighted by Gasteiger charge is -2.26. The van der Waals surface area contributed by atoms with Crippen molar-refractivity contribution in [3.63, 3.8) is 0 Å². The molecule has 3 aromatic rings. The average Bonchev–Trinajstić information content (AvgIpc) is 3.37. The summed E-state index contributed by atoms with van der Waals surface area (Å²) in [6.45, 7) is -2.69. The fourth-order valence-corrected chi connectivity index (χ4v) is 5.32. The van der Waals surface area contributed by atoms with Crippen LogP contribution in [-0.2, 0) is 28.4 Å². The van der Waals surface area contributed by atoms with Crippen LogP contribution >= 0.6 is 0 Å². The highest BCUT2D eigenvalue weighted by molar-refractivity contribution is 7.88. The summed E-state index contributed by atoms with van der Waals surface area (Å²) < 4.78 is 61.5. The summed E-state index contributed by atoms with van der Waals surface area (Å²) in [5.74, 6) is -0.394. The lowest BCUT2D eigenvalue weighted by molar-refractivity contribution is 0.276. The SMILES string of the molecule is [2H]C([2H])(O)c1coc([C@@]2(Cc3ccc(F)c(-c4ccccc4O)c3)CC[C@H](NS(C)(=O)=O)C2)n1. The molecule has 0 bridgehead atoms. The first-order chi connectivity index (χ1) is 15.9. The number of phenolic OH excluding ortho intramolecular Hbond substituents is 1. The van der Waals surface area contributed by atoms with Gasteiger partial charge in [0.2, 0.25) is 15.9 Å². The summed E-state index contributed by atoms with van der Waals surface area (Å²) in [5, 5.41) is 19.9. The number of nitrogens with zero attached hydrogens (tertiary/aromatic N) is 1. The topological polar surface area (TPSA) is 113 Å². The van der Waals surface area contributed by atoms with Crippen LogP contribution in [0.1, 0.15) is 39.2 Å². The number of hydrogen-bond acceptors (Lipinski definition) is 6. The van der Waals surface area contributed by atoms with Crippen molar-refractivity contribution in [2.45, 2.75) is 43.7 Å². The number of halogens is 1. The van der Waals surface area contributed by atoms with Crippen molar-refractivity contribution in [1.29, 1.82) is 0 Å². The number of rotatable bonds is 7. The summed E-state index contributed by atoms with van der Waals surface area (Å²) in [5.41, 5.74) is 0.154. The van der Waals surface area contributed by atoms with Crippen LogP contribution < -0.4 is 4.72 Å². The van der Waals surface area contributed by atoms with E-state index < -0.39 is 33.9 Å². The summed E-state index contributed by atoms with van der Waals surface area (Å²) in [4.78, 5) is 4.19. The van der Waals surface area contributed by atoms with Gasteiger partial charge >= 0.3 is 0 Å². The van der Waals surface area contributed by atoms with Crippen molar-refractivity contribution < 1.29 is 30.2 Å². The standard InChI is InChI=1S/C23H25FN2O5S/c1-32(29,30)26-16-8-9-23(12-16,22-25-17(13-27)14-31-22)11-15-6-7-20(24)19(10-15)18-4-2-3-5-21(18)28/h2-7,10,14,16,26-28H,8-9,11-13H2,1H3/t16-,23+/m0/s1/i13D2. The van der Waals surface area contributed by atoms with Crippen molar-refractivity contribution in [2.75, 3.05) is 6.26 Å². The van der Waals surface area contributed by atoms with Gasteiger partial charge in [-0.15, -0.1) is 0 Å². The molecule has 1 fully saturated rings. The van der Waals surface area contributed by atoms with E-state index in [0.29, 0.717) is 36.8 Å². The molecule has 3 N–H and O–H groups in total. The van der Waals surface area contributed by atoms with E-state index in [0.717, 1.165) is 12.5 Å². The Morgan fingerprint density at radius 3 is 2.78 bits per heavy atom. The van der Waals surface area contributed by atoms with Gasteiger partial charge in [0.05, 0.1) is 21.0 Å². The third-order valence-corrected chi connectivity index (χ3v) is 6.59. The highest BCUT2D eigenvalue weighted by Gasteiger charge is 2.45. The van der Waals surface area contributed by atoms with Gasteiger partial charge in [0.25, 0.3) is 0 Å². The van der Waals surface area contributed by atoms with E-state index in [1.807, 2.05) is 0 Å². The minimum Gasteiger partial charge on any atom is -0.507 e. The Kier molecular flexibility index (Phi) is 5.38. The normalized spacial score (nSPS) is 22.5. The number of hydrogen-bond donors (Lipinski definition) is 3. The second-order valence-electron chi connectivity index (χ2n) is 8.27. The Bertz CT molecular complexity index is 1310. The fourth-order valence-electron chi connectivity index (χ4n) is 4.51. The predicted octanol–water partition coefficient (Wildman–Crippen LogP) is 3.26. The number of nitrogens with one attached hydrogen (secondary N) is 1. The molecule has 1 heterocycles. The van der Waals surface area contributed by atoms with Crippen molar-refractivity contribution >= 4 is 10.0 Å². The number of oxazole rings is 1. The molecule has 1 saturated carbocycles. The van der Waals surface area contributed by atoms with E-state index in [4.69, 9.17) is 7.16 Å². The van der Waals surface area contributed by atoms with Crippen LogP contribution in [-0.4, -0.2) is 35.9 Å². The summed E-state index contributed by atoms with van der Waals surface area (Å²) in [6, 6.07) is 10.6. The zero-order valence-corrected chi connectivity index (χ0v) is 18.2. The molecule has 0 unspecified atom stereocenters. The van der Waals surface area contributed by atoms with E-state index in [1.54, 1.807) is 30.3 Å². The van der Waals surface area contributed by atoms with Gasteiger partial charge in [-0.1, -0.05) is 24.3 Å². The number of benzene rings is 2. The maximum Gasteiger partial charge on any atom is 0.208 e. The zero-order valence-electron chi connectivity index (χ0n) is 19.4. The van der Waals surface area contributed by atoms with Crippen molar-refractivity contribution in [3.8, 4) is 16.9 Å². The maximum absolute atomic E-state index is 14.7. The number of aliphatic hydroxyl groups is 1. The molecule has 1 aliphatic rings. The molecule has 0 saturated heterocycles. The number of para-hydroxylation sites is 1. The first-order valence-corrected chi connectivity index (χ1v) is 12.0. The third kappa shape index (κ3) is 4.69. The molecule has 0 aliphatic heterocycles. The molecule has 1 aromatic heterocycles. The quantitative estimate of drug-likeness (QED) is 0.497. The van der Waals surface area contributed by atoms with Crippen LogP contribution in [0.4, 0.5) is 4.39 Å². The second kappa shape index (κ2) is 8.65. The van der Waals surface area contributed by atoms with E-state index in [9.17, 15) is 23.0 Å². The van der Waals surface area contributed by atoms with Gasteiger partial charge < -0.3 is 14.6 Å². The molecular weight excluding hydrogens is 435 g/mol. The molecule has 4 rings (SSSR count). The van der Waals surface area contributed by atoms with Crippen LogP contribution in [0, 0.1) is 5.82 Å². The molecule has 2 aromatic carbocycles. The van der Waals surface area contributed by atoms with Gasteiger partial charge in [0.1, 0.15) is 23.5 Å². The van der Waals surface area contributed by atoms with E-state index in [1.165, 1.54) is 12.1 Å². The van der Waals surface area contributed by atoms with Crippen LogP contribution in [0.25, 0.3) is 11.1 Å². The van der Waals surface area contributed by atoms with Gasteiger partial charge in [-0.25, -0.2) is 22.5 Å². The fraction of sp³-hybridized carbons (Fsp3) is 0.348. The van der Waals surface area contributed by atoms with Crippen molar-refractivity contribution in [3.05, 3.63) is 71.7 Å². The number of aromatic hydroxyl groups is 1. The molecule has 0 radical (unpaired) electrons. The molecule has 9 heteroatoms. The van der Waals surface area contributed by atoms with Gasteiger partial charge in [-0.2, -0.15) is 0 Å². The van der Waals surface area contributed by atoms with Crippen LogP contribution in [0.5, 0.6) is 5.75 Å². The Balaban J connectivity index is 1.73. The number of sulfonamides is 1. The average molecular weight is 463 g/mol. The highest BCUT2D eigenvalue weighted by atomic mass is 32.2. The van der Waals surface area contributed by atoms with E-state index >= 15 is 0 Å². The molecular formula is C23H25FN2O5S. The van der Waals surface area contributed by atoms with E-state index in [-0.39, 0.29) is 22.9 Å². The third-order valence-electron chi connectivity index (χ3n) is 5.83. The first-order valence-electron chi connectivity index (χ1n) is 11.1. The summed E-state index contributed by atoms with van der Waals surface area (Å²) in [7, 11) is -3.46. The number of phenols is 1. The Labute approximate surface area is 188 Å². The van der Waals surface area contributed by atoms with Crippen molar-refractivity contribution in [1.82, 2.24) is 9.71 Å². The van der Waals surface area contributed by atoms with Crippen LogP contribution in [0.15, 0.2) is 53.1 Å². The largest absolute Gasteiger partial charge is 0.507 e. The van der Waals surface area contributed by atoms with Gasteiger partial charge in [-0.3, -0.25) is 0 Å². The Morgan fingerprint density at radius 2 is 2.09 bits per heavy atom. The Hall–Kier alpha value is -2.75. The molecule has 0 amide bonds. The predicted molar refractivity (Wildman–Crippen MR) is 117 cm³/mol. The molecule has 7 nitrogen and oxygen atoms in total. The van der Waals surface area contributed by atoms with Crippen LogP contribution in [0.3, 0.4) is 0 Å². The van der Waals surface area contributed by atoms with Gasteiger partial charge in [0.15, 0.2) is 0 Å². The molecule has 32 heavy (non-hydrogen) atoms. The second-order valence-corrected chi connectivity index (χ2v) is 10.0. The zero-order chi connectivity index (χ0) is 24.7. The summed E-state index contributed by atoms with van der Waals surface area (Å²) in [6.07, 6.45) is 3.70. The molecule has 1 aliphatic carbocycles. The number of aromatic nitrogens is 1. The molecule has 2 atom stereocenters. The van der Waals surface area contributed by atoms with Crippen molar-refractivity contribution in [2.24, 2.45) is 0 Å². The van der Waals surface area contributed by atoms with Crippen LogP contribution in [0.2, 0.25) is 0 Å². The molecule has 0 spiro atoms. The van der Waals surface area contributed by atoms with Gasteiger partial charge in [-0.05, 0) is 49.4 Å².